The third kappa shape index (κ3) is 6.49. The molecule has 0 heterocycles. The van der Waals surface area contributed by atoms with E-state index in [1.165, 1.54) is 0 Å². The first-order valence-corrected chi connectivity index (χ1v) is 15.4. The van der Waals surface area contributed by atoms with Crippen molar-refractivity contribution >= 4 is 34.5 Å². The van der Waals surface area contributed by atoms with Crippen LogP contribution in [0.4, 0.5) is 0 Å². The summed E-state index contributed by atoms with van der Waals surface area (Å²) in [5, 5.41) is 20.7. The first-order valence-electron chi connectivity index (χ1n) is 14.3. The predicted octanol–water partition coefficient (Wildman–Crippen LogP) is 5.91. The largest absolute Gasteiger partial charge is 0.482 e. The molecule has 2 aliphatic rings. The number of carboxylic acids is 1. The minimum Gasteiger partial charge on any atom is -0.482 e. The highest BCUT2D eigenvalue weighted by Crippen LogP contribution is 2.63. The molecule has 1 unspecified atom stereocenters. The smallest absolute Gasteiger partial charge is 0.341 e. The number of aliphatic carboxylic acids is 1. The summed E-state index contributed by atoms with van der Waals surface area (Å²) in [5.74, 6) is -1.10. The van der Waals surface area contributed by atoms with E-state index >= 15 is 0 Å². The number of rotatable bonds is 14. The highest BCUT2D eigenvalue weighted by molar-refractivity contribution is 14.1. The maximum absolute atomic E-state index is 14.3. The Morgan fingerprint density at radius 3 is 2.55 bits per heavy atom. The van der Waals surface area contributed by atoms with E-state index in [0.29, 0.717) is 31.4 Å². The summed E-state index contributed by atoms with van der Waals surface area (Å²) in [4.78, 5) is 25.5. The van der Waals surface area contributed by atoms with Crippen molar-refractivity contribution in [2.24, 2.45) is 11.3 Å². The molecule has 40 heavy (non-hydrogen) atoms. The van der Waals surface area contributed by atoms with E-state index in [2.05, 4.69) is 29.5 Å². The molecule has 218 valence electrons. The third-order valence-corrected chi connectivity index (χ3v) is 10.6. The van der Waals surface area contributed by atoms with Gasteiger partial charge in [-0.3, -0.25) is 4.79 Å². The standard InChI is InChI=1S/C32H41IO7/c1-3-4-6-13-24(38-2)15-16-26-27(34)19-31(33)18-25-23(12-9-14-28(25)39-21-29(35)36)17-32(26,31)30(37)40-20-22-10-7-5-8-11-22/h5,7-12,14,24,26-27,34H,3-4,6,13,15-21H2,1-2H3,(H,35,36)/t24-,26-,27+,31+,32?/m0/s1. The number of hydrogen-bond donors (Lipinski definition) is 2. The molecule has 0 aromatic heterocycles. The number of esters is 1. The third-order valence-electron chi connectivity index (χ3n) is 8.78. The molecule has 1 fully saturated rings. The number of hydrogen-bond acceptors (Lipinski definition) is 6. The van der Waals surface area contributed by atoms with Crippen molar-refractivity contribution in [3.8, 4) is 5.75 Å². The molecule has 5 atom stereocenters. The summed E-state index contributed by atoms with van der Waals surface area (Å²) in [6.07, 6.45) is 6.49. The van der Waals surface area contributed by atoms with Gasteiger partial charge in [0.1, 0.15) is 12.4 Å². The van der Waals surface area contributed by atoms with Crippen LogP contribution < -0.4 is 4.74 Å². The molecular formula is C32H41IO7. The maximum atomic E-state index is 14.3. The molecule has 2 N–H and O–H groups in total. The van der Waals surface area contributed by atoms with Gasteiger partial charge in [0, 0.05) is 16.4 Å². The van der Waals surface area contributed by atoms with E-state index in [-0.39, 0.29) is 24.6 Å². The SMILES string of the molecule is CCCCC[C@@H](CC[C@H]1[C@H](O)C[C@]2(I)Cc3c(cccc3OCC(=O)O)CC12C(=O)OCc1ccccc1)OC. The van der Waals surface area contributed by atoms with Crippen LogP contribution in [0.2, 0.25) is 0 Å². The second kappa shape index (κ2) is 13.7. The van der Waals surface area contributed by atoms with E-state index in [0.717, 1.165) is 48.8 Å². The molecule has 2 aromatic carbocycles. The normalized spacial score (nSPS) is 26.0. The summed E-state index contributed by atoms with van der Waals surface area (Å²) in [6, 6.07) is 15.2. The van der Waals surface area contributed by atoms with Crippen molar-refractivity contribution in [2.75, 3.05) is 13.7 Å². The summed E-state index contributed by atoms with van der Waals surface area (Å²) < 4.78 is 16.9. The van der Waals surface area contributed by atoms with Crippen molar-refractivity contribution in [2.45, 2.75) is 86.9 Å². The number of carboxylic acid groups (broad SMARTS) is 1. The number of carbonyl (C=O) groups excluding carboxylic acids is 1. The molecule has 0 aliphatic heterocycles. The summed E-state index contributed by atoms with van der Waals surface area (Å²) >= 11 is 2.38. The minimum atomic E-state index is -1.04. The van der Waals surface area contributed by atoms with Crippen molar-refractivity contribution in [3.05, 3.63) is 65.2 Å². The molecule has 0 bridgehead atoms. The molecule has 1 saturated carbocycles. The number of fused-ring (bicyclic) bond motifs is 2. The first-order chi connectivity index (χ1) is 19.2. The number of unbranched alkanes of at least 4 members (excludes halogenated alkanes) is 2. The maximum Gasteiger partial charge on any atom is 0.341 e. The molecule has 0 saturated heterocycles. The van der Waals surface area contributed by atoms with Gasteiger partial charge in [-0.05, 0) is 61.3 Å². The van der Waals surface area contributed by atoms with Crippen LogP contribution in [0, 0.1) is 11.3 Å². The number of carbonyl (C=O) groups is 2. The number of aliphatic hydroxyl groups excluding tert-OH is 1. The molecule has 0 radical (unpaired) electrons. The van der Waals surface area contributed by atoms with E-state index in [9.17, 15) is 19.8 Å². The van der Waals surface area contributed by atoms with E-state index in [1.807, 2.05) is 42.5 Å². The van der Waals surface area contributed by atoms with Crippen molar-refractivity contribution < 1.29 is 34.0 Å². The molecule has 0 amide bonds. The van der Waals surface area contributed by atoms with Gasteiger partial charge in [-0.25, -0.2) is 4.79 Å². The average molecular weight is 665 g/mol. The van der Waals surface area contributed by atoms with Crippen molar-refractivity contribution in [1.29, 1.82) is 0 Å². The number of aliphatic hydroxyl groups is 1. The fraction of sp³-hybridized carbons (Fsp3) is 0.562. The van der Waals surface area contributed by atoms with Gasteiger partial charge in [0.25, 0.3) is 0 Å². The van der Waals surface area contributed by atoms with Crippen LogP contribution in [-0.4, -0.2) is 51.5 Å². The number of methoxy groups -OCH3 is 1. The topological polar surface area (TPSA) is 102 Å². The summed E-state index contributed by atoms with van der Waals surface area (Å²) in [7, 11) is 1.74. The van der Waals surface area contributed by atoms with Gasteiger partial charge in [0.2, 0.25) is 0 Å². The lowest BCUT2D eigenvalue weighted by Crippen LogP contribution is -2.55. The molecular weight excluding hydrogens is 623 g/mol. The van der Waals surface area contributed by atoms with Crippen LogP contribution in [0.5, 0.6) is 5.75 Å². The molecule has 2 aliphatic carbocycles. The van der Waals surface area contributed by atoms with E-state index in [4.69, 9.17) is 14.2 Å². The predicted molar refractivity (Wildman–Crippen MR) is 161 cm³/mol. The lowest BCUT2D eigenvalue weighted by molar-refractivity contribution is -0.163. The molecule has 4 rings (SSSR count). The van der Waals surface area contributed by atoms with Gasteiger partial charge < -0.3 is 24.4 Å². The van der Waals surface area contributed by atoms with Crippen LogP contribution in [0.15, 0.2) is 48.5 Å². The van der Waals surface area contributed by atoms with E-state index in [1.54, 1.807) is 13.2 Å². The Labute approximate surface area is 250 Å². The van der Waals surface area contributed by atoms with Crippen LogP contribution in [0.25, 0.3) is 0 Å². The van der Waals surface area contributed by atoms with Crippen LogP contribution in [0.1, 0.15) is 68.6 Å². The molecule has 8 heteroatoms. The van der Waals surface area contributed by atoms with Gasteiger partial charge >= 0.3 is 11.9 Å². The summed E-state index contributed by atoms with van der Waals surface area (Å²) in [6.45, 7) is 1.92. The highest BCUT2D eigenvalue weighted by atomic mass is 127. The van der Waals surface area contributed by atoms with Gasteiger partial charge in [-0.15, -0.1) is 0 Å². The second-order valence-electron chi connectivity index (χ2n) is 11.2. The lowest BCUT2D eigenvalue weighted by Gasteiger charge is -2.47. The fourth-order valence-electron chi connectivity index (χ4n) is 6.73. The Balaban J connectivity index is 1.67. The molecule has 2 aromatic rings. The number of alkyl halides is 1. The van der Waals surface area contributed by atoms with Crippen molar-refractivity contribution in [1.82, 2.24) is 0 Å². The first kappa shape index (κ1) is 30.8. The van der Waals surface area contributed by atoms with Crippen LogP contribution >= 0.6 is 22.6 Å². The Morgan fingerprint density at radius 2 is 1.85 bits per heavy atom. The lowest BCUT2D eigenvalue weighted by atomic mass is 9.61. The van der Waals surface area contributed by atoms with Gasteiger partial charge in [0.05, 0.1) is 17.6 Å². The highest BCUT2D eigenvalue weighted by Gasteiger charge is 2.68. The zero-order chi connectivity index (χ0) is 28.8. The monoisotopic (exact) mass is 664 g/mol. The molecule has 0 spiro atoms. The van der Waals surface area contributed by atoms with Crippen LogP contribution in [0.3, 0.4) is 0 Å². The van der Waals surface area contributed by atoms with Gasteiger partial charge in [0.15, 0.2) is 6.61 Å². The Hall–Kier alpha value is -2.17. The zero-order valence-corrected chi connectivity index (χ0v) is 25.6. The quantitative estimate of drug-likeness (QED) is 0.112. The Kier molecular flexibility index (Phi) is 10.5. The van der Waals surface area contributed by atoms with Gasteiger partial charge in [-0.1, -0.05) is 91.2 Å². The summed E-state index contributed by atoms with van der Waals surface area (Å²) in [5.41, 5.74) is 1.82. The average Bonchev–Trinajstić information content (AvgIpc) is 3.17. The van der Waals surface area contributed by atoms with Crippen molar-refractivity contribution in [3.63, 3.8) is 0 Å². The van der Waals surface area contributed by atoms with Gasteiger partial charge in [-0.2, -0.15) is 0 Å². The zero-order valence-electron chi connectivity index (χ0n) is 23.4. The minimum absolute atomic E-state index is 0.0762. The number of halogens is 1. The Morgan fingerprint density at radius 1 is 1.07 bits per heavy atom. The Bertz CT molecular complexity index is 1160. The molecule has 7 nitrogen and oxygen atoms in total. The fourth-order valence-corrected chi connectivity index (χ4v) is 8.38. The number of benzene rings is 2. The number of ether oxygens (including phenoxy) is 3. The second-order valence-corrected chi connectivity index (χ2v) is 13.3. The van der Waals surface area contributed by atoms with E-state index < -0.39 is 27.5 Å². The van der Waals surface area contributed by atoms with Crippen LogP contribution in [-0.2, 0) is 38.5 Å².